The largest absolute Gasteiger partial charge is 0.358 e. The molecular formula is C18H16FN3O3. The van der Waals surface area contributed by atoms with Gasteiger partial charge in [-0.25, -0.2) is 4.39 Å². The maximum atomic E-state index is 13.5. The molecule has 0 saturated heterocycles. The second-order valence-electron chi connectivity index (χ2n) is 5.85. The Morgan fingerprint density at radius 3 is 2.76 bits per heavy atom. The monoisotopic (exact) mass is 341 g/mol. The highest BCUT2D eigenvalue weighted by molar-refractivity contribution is 5.97. The minimum Gasteiger partial charge on any atom is -0.358 e. The minimum atomic E-state index is -0.489. The smallest absolute Gasteiger partial charge is 0.274 e. The molecule has 6 nitrogen and oxygen atoms in total. The molecule has 0 fully saturated rings. The first kappa shape index (κ1) is 16.6. The van der Waals surface area contributed by atoms with Gasteiger partial charge in [0.2, 0.25) is 5.91 Å². The van der Waals surface area contributed by atoms with E-state index < -0.39 is 4.92 Å². The van der Waals surface area contributed by atoms with E-state index in [-0.39, 0.29) is 23.8 Å². The summed E-state index contributed by atoms with van der Waals surface area (Å²) >= 11 is 0. The van der Waals surface area contributed by atoms with Gasteiger partial charge in [0, 0.05) is 22.7 Å². The van der Waals surface area contributed by atoms with Crippen molar-refractivity contribution in [2.24, 2.45) is 0 Å². The van der Waals surface area contributed by atoms with Crippen LogP contribution in [0.2, 0.25) is 0 Å². The summed E-state index contributed by atoms with van der Waals surface area (Å²) in [5.41, 5.74) is 2.98. The summed E-state index contributed by atoms with van der Waals surface area (Å²) in [6, 6.07) is 8.89. The Kier molecular flexibility index (Phi) is 4.22. The van der Waals surface area contributed by atoms with Crippen LogP contribution in [0.1, 0.15) is 16.8 Å². The van der Waals surface area contributed by atoms with Crippen molar-refractivity contribution >= 4 is 28.2 Å². The van der Waals surface area contributed by atoms with E-state index in [0.29, 0.717) is 22.2 Å². The van der Waals surface area contributed by atoms with E-state index in [0.717, 1.165) is 11.2 Å². The van der Waals surface area contributed by atoms with Crippen molar-refractivity contribution in [3.8, 4) is 0 Å². The minimum absolute atomic E-state index is 0.0391. The zero-order chi connectivity index (χ0) is 18.1. The van der Waals surface area contributed by atoms with Crippen LogP contribution >= 0.6 is 0 Å². The molecule has 0 saturated carbocycles. The molecule has 0 bridgehead atoms. The first-order chi connectivity index (χ1) is 11.9. The lowest BCUT2D eigenvalue weighted by atomic mass is 10.1. The quantitative estimate of drug-likeness (QED) is 0.555. The van der Waals surface area contributed by atoms with Gasteiger partial charge in [0.1, 0.15) is 5.82 Å². The number of carbonyl (C=O) groups is 1. The molecule has 0 spiro atoms. The number of aryl methyl sites for hydroxylation is 1. The van der Waals surface area contributed by atoms with Crippen LogP contribution in [0.15, 0.2) is 36.4 Å². The molecule has 2 aromatic carbocycles. The molecule has 0 unspecified atom stereocenters. The predicted octanol–water partition coefficient (Wildman–Crippen LogP) is 4.01. The molecule has 7 heteroatoms. The van der Waals surface area contributed by atoms with Crippen LogP contribution in [0, 0.1) is 29.8 Å². The third-order valence-corrected chi connectivity index (χ3v) is 4.19. The number of halogens is 1. The highest BCUT2D eigenvalue weighted by atomic mass is 19.1. The number of anilines is 1. The van der Waals surface area contributed by atoms with Crippen molar-refractivity contribution in [2.75, 3.05) is 5.32 Å². The van der Waals surface area contributed by atoms with Gasteiger partial charge in [-0.3, -0.25) is 14.9 Å². The molecule has 0 aliphatic heterocycles. The standard InChI is InChI=1S/C18H16FN3O3/c1-10-15(4-3-5-17(10)22(24)25)21-18(23)9-13-11(2)20-16-7-6-12(19)8-14(13)16/h3-8,20H,9H2,1-2H3,(H,21,23). The molecule has 0 aliphatic rings. The Bertz CT molecular complexity index is 995. The van der Waals surface area contributed by atoms with Crippen molar-refractivity contribution < 1.29 is 14.1 Å². The first-order valence-electron chi connectivity index (χ1n) is 7.67. The van der Waals surface area contributed by atoms with Gasteiger partial charge in [-0.05, 0) is 43.7 Å². The van der Waals surface area contributed by atoms with E-state index in [4.69, 9.17) is 0 Å². The third kappa shape index (κ3) is 3.21. The number of benzene rings is 2. The molecule has 2 N–H and O–H groups in total. The van der Waals surface area contributed by atoms with Crippen LogP contribution in [0.25, 0.3) is 10.9 Å². The first-order valence-corrected chi connectivity index (χ1v) is 7.67. The Balaban J connectivity index is 1.87. The Labute approximate surface area is 142 Å². The van der Waals surface area contributed by atoms with Crippen LogP contribution in [0.3, 0.4) is 0 Å². The summed E-state index contributed by atoms with van der Waals surface area (Å²) in [7, 11) is 0. The SMILES string of the molecule is Cc1[nH]c2ccc(F)cc2c1CC(=O)Nc1cccc([N+](=O)[O-])c1C. The number of aromatic nitrogens is 1. The lowest BCUT2D eigenvalue weighted by Gasteiger charge is -2.09. The Morgan fingerprint density at radius 2 is 2.04 bits per heavy atom. The number of hydrogen-bond donors (Lipinski definition) is 2. The topological polar surface area (TPSA) is 88.0 Å². The normalized spacial score (nSPS) is 10.8. The lowest BCUT2D eigenvalue weighted by molar-refractivity contribution is -0.385. The van der Waals surface area contributed by atoms with Gasteiger partial charge in [0.15, 0.2) is 0 Å². The maximum Gasteiger partial charge on any atom is 0.274 e. The molecule has 0 radical (unpaired) electrons. The number of carbonyl (C=O) groups excluding carboxylic acids is 1. The molecule has 3 aromatic rings. The number of rotatable bonds is 4. The molecule has 1 amide bonds. The zero-order valence-electron chi connectivity index (χ0n) is 13.7. The van der Waals surface area contributed by atoms with E-state index >= 15 is 0 Å². The van der Waals surface area contributed by atoms with Gasteiger partial charge in [-0.2, -0.15) is 0 Å². The fourth-order valence-electron chi connectivity index (χ4n) is 2.89. The van der Waals surface area contributed by atoms with Gasteiger partial charge in [-0.15, -0.1) is 0 Å². The number of hydrogen-bond acceptors (Lipinski definition) is 3. The van der Waals surface area contributed by atoms with Crippen molar-refractivity contribution in [3.63, 3.8) is 0 Å². The van der Waals surface area contributed by atoms with Crippen molar-refractivity contribution in [1.29, 1.82) is 0 Å². The molecule has 0 aliphatic carbocycles. The summed E-state index contributed by atoms with van der Waals surface area (Å²) < 4.78 is 13.5. The van der Waals surface area contributed by atoms with Gasteiger partial charge in [0.05, 0.1) is 22.6 Å². The molecule has 1 aromatic heterocycles. The van der Waals surface area contributed by atoms with Crippen LogP contribution in [0.4, 0.5) is 15.8 Å². The van der Waals surface area contributed by atoms with E-state index in [9.17, 15) is 19.3 Å². The van der Waals surface area contributed by atoms with Crippen LogP contribution < -0.4 is 5.32 Å². The number of nitro benzene ring substituents is 1. The Hall–Kier alpha value is -3.22. The summed E-state index contributed by atoms with van der Waals surface area (Å²) in [5.74, 6) is -0.695. The Morgan fingerprint density at radius 1 is 1.28 bits per heavy atom. The number of fused-ring (bicyclic) bond motifs is 1. The predicted molar refractivity (Wildman–Crippen MR) is 93.2 cm³/mol. The van der Waals surface area contributed by atoms with Crippen LogP contribution in [-0.2, 0) is 11.2 Å². The third-order valence-electron chi connectivity index (χ3n) is 4.19. The maximum absolute atomic E-state index is 13.5. The number of amides is 1. The second kappa shape index (κ2) is 6.35. The highest BCUT2D eigenvalue weighted by Gasteiger charge is 2.17. The second-order valence-corrected chi connectivity index (χ2v) is 5.85. The average molecular weight is 341 g/mol. The van der Waals surface area contributed by atoms with Crippen molar-refractivity contribution in [3.05, 3.63) is 69.2 Å². The molecular weight excluding hydrogens is 325 g/mol. The molecule has 0 atom stereocenters. The van der Waals surface area contributed by atoms with E-state index in [1.54, 1.807) is 19.1 Å². The zero-order valence-corrected chi connectivity index (χ0v) is 13.7. The number of H-pyrrole nitrogens is 1. The van der Waals surface area contributed by atoms with Crippen molar-refractivity contribution in [1.82, 2.24) is 4.98 Å². The van der Waals surface area contributed by atoms with Gasteiger partial charge in [-0.1, -0.05) is 6.07 Å². The molecule has 25 heavy (non-hydrogen) atoms. The summed E-state index contributed by atoms with van der Waals surface area (Å²) in [6.07, 6.45) is 0.0391. The number of nitro groups is 1. The lowest BCUT2D eigenvalue weighted by Crippen LogP contribution is -2.16. The fourth-order valence-corrected chi connectivity index (χ4v) is 2.89. The summed E-state index contributed by atoms with van der Waals surface area (Å²) in [5, 5.41) is 14.3. The summed E-state index contributed by atoms with van der Waals surface area (Å²) in [4.78, 5) is 26.0. The molecule has 1 heterocycles. The number of nitrogens with zero attached hydrogens (tertiary/aromatic N) is 1. The van der Waals surface area contributed by atoms with Crippen molar-refractivity contribution in [2.45, 2.75) is 20.3 Å². The molecule has 128 valence electrons. The fraction of sp³-hybridized carbons (Fsp3) is 0.167. The average Bonchev–Trinajstić information content (AvgIpc) is 2.84. The van der Waals surface area contributed by atoms with Crippen LogP contribution in [0.5, 0.6) is 0 Å². The number of nitrogens with one attached hydrogen (secondary N) is 2. The van der Waals surface area contributed by atoms with Gasteiger partial charge < -0.3 is 10.3 Å². The van der Waals surface area contributed by atoms with Gasteiger partial charge in [0.25, 0.3) is 5.69 Å². The van der Waals surface area contributed by atoms with Crippen LogP contribution in [-0.4, -0.2) is 15.8 Å². The molecule has 3 rings (SSSR count). The number of aromatic amines is 1. The van der Waals surface area contributed by atoms with E-state index in [1.165, 1.54) is 24.3 Å². The summed E-state index contributed by atoms with van der Waals surface area (Å²) in [6.45, 7) is 3.40. The van der Waals surface area contributed by atoms with E-state index in [1.807, 2.05) is 6.92 Å². The highest BCUT2D eigenvalue weighted by Crippen LogP contribution is 2.27. The van der Waals surface area contributed by atoms with E-state index in [2.05, 4.69) is 10.3 Å². The van der Waals surface area contributed by atoms with Gasteiger partial charge >= 0.3 is 0 Å².